The lowest BCUT2D eigenvalue weighted by Crippen LogP contribution is -2.11. The van der Waals surface area contributed by atoms with Gasteiger partial charge in [-0.15, -0.1) is 0 Å². The van der Waals surface area contributed by atoms with Gasteiger partial charge >= 0.3 is 5.97 Å². The highest BCUT2D eigenvalue weighted by atomic mass is 16.5. The first-order valence-electron chi connectivity index (χ1n) is 9.49. The van der Waals surface area contributed by atoms with Crippen molar-refractivity contribution in [1.29, 1.82) is 0 Å². The van der Waals surface area contributed by atoms with Crippen LogP contribution in [0, 0.1) is 0 Å². The second kappa shape index (κ2) is 6.95. The van der Waals surface area contributed by atoms with Gasteiger partial charge in [0.2, 0.25) is 0 Å². The average molecular weight is 378 g/mol. The van der Waals surface area contributed by atoms with Gasteiger partial charge in [-0.1, -0.05) is 72.8 Å². The highest BCUT2D eigenvalue weighted by Crippen LogP contribution is 2.45. The first-order valence-corrected chi connectivity index (χ1v) is 9.49. The third kappa shape index (κ3) is 3.07. The summed E-state index contributed by atoms with van der Waals surface area (Å²) in [5.41, 5.74) is 6.71. The molecule has 140 valence electrons. The molecule has 29 heavy (non-hydrogen) atoms. The first-order chi connectivity index (χ1) is 14.2. The van der Waals surface area contributed by atoms with E-state index in [9.17, 15) is 9.90 Å². The van der Waals surface area contributed by atoms with Crippen LogP contribution in [0.25, 0.3) is 22.3 Å². The molecule has 0 saturated carbocycles. The minimum atomic E-state index is -0.397. The molecule has 5 rings (SSSR count). The Morgan fingerprint density at radius 2 is 1.14 bits per heavy atom. The molecule has 3 heteroatoms. The molecule has 0 spiro atoms. The molecular formula is C26H18O3. The second-order valence-corrected chi connectivity index (χ2v) is 7.08. The van der Waals surface area contributed by atoms with Crippen molar-refractivity contribution in [1.82, 2.24) is 0 Å². The maximum atomic E-state index is 12.9. The molecule has 1 aliphatic carbocycles. The summed E-state index contributed by atoms with van der Waals surface area (Å²) in [7, 11) is 0. The quantitative estimate of drug-likeness (QED) is 0.446. The third-order valence-electron chi connectivity index (χ3n) is 5.32. The van der Waals surface area contributed by atoms with Crippen molar-refractivity contribution in [2.24, 2.45) is 0 Å². The average Bonchev–Trinajstić information content (AvgIpc) is 3.08. The summed E-state index contributed by atoms with van der Waals surface area (Å²) < 4.78 is 5.94. The van der Waals surface area contributed by atoms with Crippen LogP contribution in [0.3, 0.4) is 0 Å². The smallest absolute Gasteiger partial charge is 0.339 e. The zero-order chi connectivity index (χ0) is 19.8. The van der Waals surface area contributed by atoms with E-state index in [1.54, 1.807) is 24.3 Å². The first kappa shape index (κ1) is 17.3. The maximum absolute atomic E-state index is 12.9. The lowest BCUT2D eigenvalue weighted by molar-refractivity contribution is 0.0386. The Bertz CT molecular complexity index is 1150. The molecule has 0 unspecified atom stereocenters. The van der Waals surface area contributed by atoms with E-state index in [0.29, 0.717) is 5.56 Å². The van der Waals surface area contributed by atoms with E-state index in [4.69, 9.17) is 4.74 Å². The standard InChI is InChI=1S/C26H18O3/c27-20-15-13-18(14-16-20)17-9-11-19(12-10-17)26(28)29-25-23-7-3-1-5-21(23)22-6-2-4-8-24(22)25/h1-16,25,27H. The fourth-order valence-corrected chi connectivity index (χ4v) is 3.86. The normalized spacial score (nSPS) is 12.3. The van der Waals surface area contributed by atoms with Crippen molar-refractivity contribution in [2.45, 2.75) is 6.10 Å². The van der Waals surface area contributed by atoms with E-state index in [1.807, 2.05) is 60.7 Å². The van der Waals surface area contributed by atoms with Crippen molar-refractivity contribution in [2.75, 3.05) is 0 Å². The highest BCUT2D eigenvalue weighted by Gasteiger charge is 2.31. The summed E-state index contributed by atoms with van der Waals surface area (Å²) in [6.07, 6.45) is -0.397. The van der Waals surface area contributed by atoms with Crippen LogP contribution in [-0.2, 0) is 4.74 Å². The molecular weight excluding hydrogens is 360 g/mol. The number of benzene rings is 4. The van der Waals surface area contributed by atoms with E-state index in [0.717, 1.165) is 33.4 Å². The third-order valence-corrected chi connectivity index (χ3v) is 5.32. The number of rotatable bonds is 3. The van der Waals surface area contributed by atoms with Crippen LogP contribution in [0.2, 0.25) is 0 Å². The monoisotopic (exact) mass is 378 g/mol. The molecule has 0 bridgehead atoms. The van der Waals surface area contributed by atoms with Crippen LogP contribution < -0.4 is 0 Å². The van der Waals surface area contributed by atoms with Crippen LogP contribution in [0.4, 0.5) is 0 Å². The zero-order valence-corrected chi connectivity index (χ0v) is 15.6. The van der Waals surface area contributed by atoms with E-state index in [1.165, 1.54) is 0 Å². The molecule has 3 nitrogen and oxygen atoms in total. The minimum absolute atomic E-state index is 0.228. The Balaban J connectivity index is 1.41. The maximum Gasteiger partial charge on any atom is 0.339 e. The van der Waals surface area contributed by atoms with E-state index in [2.05, 4.69) is 12.1 Å². The molecule has 0 aliphatic heterocycles. The summed E-state index contributed by atoms with van der Waals surface area (Å²) in [6.45, 7) is 0. The van der Waals surface area contributed by atoms with Gasteiger partial charge in [0.1, 0.15) is 5.75 Å². The lowest BCUT2D eigenvalue weighted by atomic mass is 10.0. The summed E-state index contributed by atoms with van der Waals surface area (Å²) in [4.78, 5) is 12.9. The number of carbonyl (C=O) groups is 1. The van der Waals surface area contributed by atoms with Gasteiger partial charge in [-0.3, -0.25) is 0 Å². The number of aromatic hydroxyl groups is 1. The largest absolute Gasteiger partial charge is 0.508 e. The van der Waals surface area contributed by atoms with Gasteiger partial charge in [0.05, 0.1) is 5.56 Å². The summed E-state index contributed by atoms with van der Waals surface area (Å²) in [5, 5.41) is 9.43. The second-order valence-electron chi connectivity index (χ2n) is 7.08. The molecule has 1 N–H and O–H groups in total. The van der Waals surface area contributed by atoms with Crippen molar-refractivity contribution < 1.29 is 14.6 Å². The van der Waals surface area contributed by atoms with E-state index in [-0.39, 0.29) is 11.7 Å². The van der Waals surface area contributed by atoms with Crippen LogP contribution in [0.15, 0.2) is 97.1 Å². The molecule has 0 aromatic heterocycles. The van der Waals surface area contributed by atoms with Crippen LogP contribution in [0.5, 0.6) is 5.75 Å². The van der Waals surface area contributed by atoms with Crippen molar-refractivity contribution in [3.8, 4) is 28.0 Å². The minimum Gasteiger partial charge on any atom is -0.508 e. The zero-order valence-electron chi connectivity index (χ0n) is 15.6. The number of fused-ring (bicyclic) bond motifs is 3. The molecule has 0 amide bonds. The number of ether oxygens (including phenoxy) is 1. The van der Waals surface area contributed by atoms with Crippen LogP contribution in [-0.4, -0.2) is 11.1 Å². The lowest BCUT2D eigenvalue weighted by Gasteiger charge is -2.15. The molecule has 4 aromatic carbocycles. The predicted octanol–water partition coefficient (Wildman–Crippen LogP) is 5.99. The van der Waals surface area contributed by atoms with Crippen molar-refractivity contribution in [3.05, 3.63) is 114 Å². The number of hydrogen-bond donors (Lipinski definition) is 1. The summed E-state index contributed by atoms with van der Waals surface area (Å²) in [5.74, 6) is -0.121. The van der Waals surface area contributed by atoms with Gasteiger partial charge in [-0.05, 0) is 46.5 Å². The molecule has 0 radical (unpaired) electrons. The van der Waals surface area contributed by atoms with E-state index >= 15 is 0 Å². The Morgan fingerprint density at radius 3 is 1.69 bits per heavy atom. The number of phenolic OH excluding ortho intramolecular Hbond substituents is 1. The summed E-state index contributed by atoms with van der Waals surface area (Å²) >= 11 is 0. The molecule has 0 atom stereocenters. The van der Waals surface area contributed by atoms with Gasteiger partial charge in [0.15, 0.2) is 6.10 Å². The summed E-state index contributed by atoms with van der Waals surface area (Å²) in [6, 6.07) is 30.4. The predicted molar refractivity (Wildman–Crippen MR) is 113 cm³/mol. The topological polar surface area (TPSA) is 46.5 Å². The van der Waals surface area contributed by atoms with E-state index < -0.39 is 6.10 Å². The fourth-order valence-electron chi connectivity index (χ4n) is 3.86. The van der Waals surface area contributed by atoms with Gasteiger partial charge in [-0.25, -0.2) is 4.79 Å². The number of esters is 1. The van der Waals surface area contributed by atoms with Crippen LogP contribution >= 0.6 is 0 Å². The Kier molecular flexibility index (Phi) is 4.14. The van der Waals surface area contributed by atoms with Crippen LogP contribution in [0.1, 0.15) is 27.6 Å². The van der Waals surface area contributed by atoms with Gasteiger partial charge in [0.25, 0.3) is 0 Å². The van der Waals surface area contributed by atoms with Gasteiger partial charge in [-0.2, -0.15) is 0 Å². The van der Waals surface area contributed by atoms with Gasteiger partial charge in [0, 0.05) is 11.1 Å². The van der Waals surface area contributed by atoms with Crippen molar-refractivity contribution in [3.63, 3.8) is 0 Å². The Morgan fingerprint density at radius 1 is 0.655 bits per heavy atom. The SMILES string of the molecule is O=C(OC1c2ccccc2-c2ccccc21)c1ccc(-c2ccc(O)cc2)cc1. The Hall–Kier alpha value is -3.85. The van der Waals surface area contributed by atoms with Crippen molar-refractivity contribution >= 4 is 5.97 Å². The fraction of sp³-hybridized carbons (Fsp3) is 0.0385. The molecule has 1 aliphatic rings. The highest BCUT2D eigenvalue weighted by molar-refractivity contribution is 5.91. The molecule has 0 heterocycles. The van der Waals surface area contributed by atoms with Gasteiger partial charge < -0.3 is 9.84 Å². The number of phenols is 1. The number of carbonyl (C=O) groups excluding carboxylic acids is 1. The Labute approximate surface area is 168 Å². The molecule has 4 aromatic rings. The number of hydrogen-bond acceptors (Lipinski definition) is 3. The molecule has 0 saturated heterocycles. The molecule has 0 fully saturated rings.